The molecule has 1 aliphatic heterocycles. The van der Waals surface area contributed by atoms with E-state index in [0.29, 0.717) is 6.04 Å². The molecule has 0 amide bonds. The number of hydrogen-bond donors (Lipinski definition) is 2. The summed E-state index contributed by atoms with van der Waals surface area (Å²) >= 11 is 0. The number of aryl methyl sites for hydroxylation is 1. The molecule has 94 valence electrons. The maximum atomic E-state index is 5.53. The largest absolute Gasteiger partial charge is 0.496 e. The van der Waals surface area contributed by atoms with Crippen molar-refractivity contribution in [3.63, 3.8) is 0 Å². The van der Waals surface area contributed by atoms with Crippen LogP contribution < -0.4 is 15.4 Å². The number of nitrogens with one attached hydrogen (secondary N) is 2. The lowest BCUT2D eigenvalue weighted by Gasteiger charge is -2.38. The van der Waals surface area contributed by atoms with Gasteiger partial charge in [-0.15, -0.1) is 0 Å². The number of ether oxygens (including phenoxy) is 1. The summed E-state index contributed by atoms with van der Waals surface area (Å²) in [5.74, 6) is 1.00. The quantitative estimate of drug-likeness (QED) is 0.821. The third-order valence-electron chi connectivity index (χ3n) is 3.30. The predicted molar refractivity (Wildman–Crippen MR) is 70.6 cm³/mol. The van der Waals surface area contributed by atoms with E-state index < -0.39 is 0 Å². The topological polar surface area (TPSA) is 33.3 Å². The predicted octanol–water partition coefficient (Wildman–Crippen LogP) is 2.02. The highest BCUT2D eigenvalue weighted by Crippen LogP contribution is 2.30. The minimum absolute atomic E-state index is 0.123. The Kier molecular flexibility index (Phi) is 3.40. The fraction of sp³-hybridized carbons (Fsp3) is 0.571. The van der Waals surface area contributed by atoms with Gasteiger partial charge in [0.25, 0.3) is 0 Å². The Hall–Kier alpha value is -1.06. The first-order valence-corrected chi connectivity index (χ1v) is 6.15. The van der Waals surface area contributed by atoms with Crippen molar-refractivity contribution in [1.29, 1.82) is 0 Å². The van der Waals surface area contributed by atoms with Gasteiger partial charge >= 0.3 is 0 Å². The van der Waals surface area contributed by atoms with Crippen LogP contribution in [-0.2, 0) is 0 Å². The Morgan fingerprint density at radius 3 is 2.76 bits per heavy atom. The van der Waals surface area contributed by atoms with Crippen LogP contribution in [0.3, 0.4) is 0 Å². The summed E-state index contributed by atoms with van der Waals surface area (Å²) in [6, 6.07) is 6.64. The average molecular weight is 234 g/mol. The molecule has 0 spiro atoms. The van der Waals surface area contributed by atoms with Crippen LogP contribution in [0.15, 0.2) is 18.2 Å². The zero-order valence-corrected chi connectivity index (χ0v) is 11.1. The van der Waals surface area contributed by atoms with E-state index in [1.807, 2.05) is 0 Å². The van der Waals surface area contributed by atoms with Crippen molar-refractivity contribution in [2.75, 3.05) is 20.2 Å². The van der Waals surface area contributed by atoms with Gasteiger partial charge in [-0.2, -0.15) is 0 Å². The SMILES string of the molecule is COc1c(C)cccc1C1CNCC(C)(C)N1. The Labute approximate surface area is 104 Å². The van der Waals surface area contributed by atoms with Gasteiger partial charge in [0, 0.05) is 30.2 Å². The van der Waals surface area contributed by atoms with Gasteiger partial charge in [0.05, 0.1) is 7.11 Å². The van der Waals surface area contributed by atoms with Crippen LogP contribution in [0, 0.1) is 6.92 Å². The monoisotopic (exact) mass is 234 g/mol. The fourth-order valence-electron chi connectivity index (χ4n) is 2.52. The molecule has 17 heavy (non-hydrogen) atoms. The molecule has 3 heteroatoms. The first-order chi connectivity index (χ1) is 8.03. The van der Waals surface area contributed by atoms with Crippen LogP contribution in [0.2, 0.25) is 0 Å². The molecule has 0 radical (unpaired) electrons. The van der Waals surface area contributed by atoms with Crippen molar-refractivity contribution < 1.29 is 4.74 Å². The molecule has 0 saturated carbocycles. The zero-order chi connectivity index (χ0) is 12.5. The summed E-state index contributed by atoms with van der Waals surface area (Å²) in [6.45, 7) is 8.47. The highest BCUT2D eigenvalue weighted by molar-refractivity contribution is 5.43. The van der Waals surface area contributed by atoms with E-state index in [4.69, 9.17) is 4.74 Å². The van der Waals surface area contributed by atoms with Crippen LogP contribution >= 0.6 is 0 Å². The van der Waals surface area contributed by atoms with E-state index in [2.05, 4.69) is 49.6 Å². The Balaban J connectivity index is 2.30. The molecule has 2 N–H and O–H groups in total. The molecule has 1 aliphatic rings. The molecule has 1 aromatic rings. The van der Waals surface area contributed by atoms with Gasteiger partial charge in [0.15, 0.2) is 0 Å². The number of para-hydroxylation sites is 1. The molecule has 1 saturated heterocycles. The van der Waals surface area contributed by atoms with Gasteiger partial charge in [-0.1, -0.05) is 18.2 Å². The van der Waals surface area contributed by atoms with E-state index in [-0.39, 0.29) is 5.54 Å². The fourth-order valence-corrected chi connectivity index (χ4v) is 2.52. The van der Waals surface area contributed by atoms with E-state index in [9.17, 15) is 0 Å². The van der Waals surface area contributed by atoms with Gasteiger partial charge in [0.2, 0.25) is 0 Å². The molecule has 1 unspecified atom stereocenters. The van der Waals surface area contributed by atoms with Crippen molar-refractivity contribution in [3.05, 3.63) is 29.3 Å². The molecule has 1 aromatic carbocycles. The van der Waals surface area contributed by atoms with Crippen molar-refractivity contribution in [3.8, 4) is 5.75 Å². The first kappa shape index (κ1) is 12.4. The number of hydrogen-bond acceptors (Lipinski definition) is 3. The molecule has 1 heterocycles. The summed E-state index contributed by atoms with van der Waals surface area (Å²) in [6.07, 6.45) is 0. The molecule has 3 nitrogen and oxygen atoms in total. The first-order valence-electron chi connectivity index (χ1n) is 6.15. The molecular formula is C14H22N2O. The second kappa shape index (κ2) is 4.67. The summed E-state index contributed by atoms with van der Waals surface area (Å²) < 4.78 is 5.53. The lowest BCUT2D eigenvalue weighted by Crippen LogP contribution is -2.56. The van der Waals surface area contributed by atoms with E-state index >= 15 is 0 Å². The highest BCUT2D eigenvalue weighted by atomic mass is 16.5. The summed E-state index contributed by atoms with van der Waals surface area (Å²) in [5, 5.41) is 7.14. The molecule has 2 rings (SSSR count). The third-order valence-corrected chi connectivity index (χ3v) is 3.30. The van der Waals surface area contributed by atoms with Crippen LogP contribution in [0.25, 0.3) is 0 Å². The van der Waals surface area contributed by atoms with Crippen molar-refractivity contribution in [1.82, 2.24) is 10.6 Å². The summed E-state index contributed by atoms with van der Waals surface area (Å²) in [4.78, 5) is 0. The van der Waals surface area contributed by atoms with Gasteiger partial charge in [-0.3, -0.25) is 0 Å². The summed E-state index contributed by atoms with van der Waals surface area (Å²) in [7, 11) is 1.74. The van der Waals surface area contributed by atoms with Crippen molar-refractivity contribution in [2.24, 2.45) is 0 Å². The number of benzene rings is 1. The highest BCUT2D eigenvalue weighted by Gasteiger charge is 2.29. The maximum Gasteiger partial charge on any atom is 0.126 e. The molecule has 0 aliphatic carbocycles. The van der Waals surface area contributed by atoms with Crippen LogP contribution in [0.1, 0.15) is 31.0 Å². The molecule has 1 fully saturated rings. The van der Waals surface area contributed by atoms with Crippen LogP contribution in [0.5, 0.6) is 5.75 Å². The van der Waals surface area contributed by atoms with Crippen LogP contribution in [-0.4, -0.2) is 25.7 Å². The normalized spacial score (nSPS) is 23.4. The number of methoxy groups -OCH3 is 1. The minimum atomic E-state index is 0.123. The van der Waals surface area contributed by atoms with Gasteiger partial charge < -0.3 is 15.4 Å². The smallest absolute Gasteiger partial charge is 0.126 e. The van der Waals surface area contributed by atoms with Gasteiger partial charge in [-0.05, 0) is 26.3 Å². The maximum absolute atomic E-state index is 5.53. The van der Waals surface area contributed by atoms with E-state index in [1.165, 1.54) is 11.1 Å². The molecule has 1 atom stereocenters. The van der Waals surface area contributed by atoms with Gasteiger partial charge in [0.1, 0.15) is 5.75 Å². The number of rotatable bonds is 2. The Morgan fingerprint density at radius 2 is 2.12 bits per heavy atom. The Morgan fingerprint density at radius 1 is 1.35 bits per heavy atom. The van der Waals surface area contributed by atoms with E-state index in [0.717, 1.165) is 18.8 Å². The summed E-state index contributed by atoms with van der Waals surface area (Å²) in [5.41, 5.74) is 2.56. The van der Waals surface area contributed by atoms with Crippen molar-refractivity contribution in [2.45, 2.75) is 32.4 Å². The van der Waals surface area contributed by atoms with Crippen LogP contribution in [0.4, 0.5) is 0 Å². The minimum Gasteiger partial charge on any atom is -0.496 e. The molecule has 0 bridgehead atoms. The molecule has 0 aromatic heterocycles. The third kappa shape index (κ3) is 2.61. The Bertz CT molecular complexity index is 401. The molecular weight excluding hydrogens is 212 g/mol. The standard InChI is InChI=1S/C14H22N2O/c1-10-6-5-7-11(13(10)17-4)12-8-15-9-14(2,3)16-12/h5-7,12,15-16H,8-9H2,1-4H3. The van der Waals surface area contributed by atoms with Crippen molar-refractivity contribution >= 4 is 0 Å². The van der Waals surface area contributed by atoms with Gasteiger partial charge in [-0.25, -0.2) is 0 Å². The second-order valence-corrected chi connectivity index (χ2v) is 5.41. The average Bonchev–Trinajstić information content (AvgIpc) is 2.27. The lowest BCUT2D eigenvalue weighted by molar-refractivity contribution is 0.260. The zero-order valence-electron chi connectivity index (χ0n) is 11.1. The number of piperazine rings is 1. The second-order valence-electron chi connectivity index (χ2n) is 5.41. The lowest BCUT2D eigenvalue weighted by atomic mass is 9.95. The van der Waals surface area contributed by atoms with E-state index in [1.54, 1.807) is 7.11 Å².